The van der Waals surface area contributed by atoms with Gasteiger partial charge in [0.05, 0.1) is 17.1 Å². The Hall–Kier alpha value is -2.00. The highest BCUT2D eigenvalue weighted by Gasteiger charge is 2.21. The van der Waals surface area contributed by atoms with E-state index >= 15 is 0 Å². The fraction of sp³-hybridized carbons (Fsp3) is 0.714. The number of rotatable bonds is 7. The minimum absolute atomic E-state index is 0.121. The fourth-order valence-electron chi connectivity index (χ4n) is 2.74. The molecule has 1 aliphatic rings. The number of ether oxygens (including phenoxy) is 1. The van der Waals surface area contributed by atoms with E-state index in [1.165, 1.54) is 0 Å². The van der Waals surface area contributed by atoms with Gasteiger partial charge in [0.25, 0.3) is 0 Å². The second kappa shape index (κ2) is 8.02. The average molecular weight is 324 g/mol. The molecule has 2 heterocycles. The predicted molar refractivity (Wildman–Crippen MR) is 87.3 cm³/mol. The zero-order valence-corrected chi connectivity index (χ0v) is 13.6. The van der Waals surface area contributed by atoms with Crippen LogP contribution in [0.15, 0.2) is 6.20 Å². The summed E-state index contributed by atoms with van der Waals surface area (Å²) in [6.07, 6.45) is 3.71. The molecule has 0 bridgehead atoms. The number of nitro groups is 1. The second-order valence-corrected chi connectivity index (χ2v) is 5.87. The molecule has 0 saturated carbocycles. The van der Waals surface area contributed by atoms with Gasteiger partial charge in [-0.05, 0) is 33.2 Å². The van der Waals surface area contributed by atoms with Crippen molar-refractivity contribution < 1.29 is 9.66 Å². The first-order chi connectivity index (χ1) is 11.0. The van der Waals surface area contributed by atoms with Crippen LogP contribution < -0.4 is 11.1 Å². The third kappa shape index (κ3) is 5.29. The van der Waals surface area contributed by atoms with Gasteiger partial charge in [0.2, 0.25) is 11.8 Å². The number of hydrogen-bond donors (Lipinski definition) is 2. The van der Waals surface area contributed by atoms with E-state index in [0.717, 1.165) is 38.7 Å². The summed E-state index contributed by atoms with van der Waals surface area (Å²) in [6.45, 7) is 7.87. The van der Waals surface area contributed by atoms with Gasteiger partial charge in [-0.1, -0.05) is 0 Å². The number of unbranched alkanes of at least 4 members (excludes halogenated alkanes) is 1. The molecule has 1 aromatic heterocycles. The van der Waals surface area contributed by atoms with E-state index in [1.807, 2.05) is 0 Å². The van der Waals surface area contributed by atoms with Gasteiger partial charge in [-0.15, -0.1) is 0 Å². The summed E-state index contributed by atoms with van der Waals surface area (Å²) in [5.74, 6) is 0.200. The number of anilines is 2. The van der Waals surface area contributed by atoms with Crippen LogP contribution in [0, 0.1) is 10.1 Å². The molecule has 0 radical (unpaired) electrons. The summed E-state index contributed by atoms with van der Waals surface area (Å²) in [5, 5.41) is 13.7. The zero-order valence-electron chi connectivity index (χ0n) is 13.6. The lowest BCUT2D eigenvalue weighted by Crippen LogP contribution is -2.45. The molecule has 0 aliphatic carbocycles. The summed E-state index contributed by atoms with van der Waals surface area (Å²) in [4.78, 5) is 20.2. The smallest absolute Gasteiger partial charge is 0.329 e. The molecule has 1 aliphatic heterocycles. The average Bonchev–Trinajstić information content (AvgIpc) is 2.45. The highest BCUT2D eigenvalue weighted by atomic mass is 16.6. The van der Waals surface area contributed by atoms with Gasteiger partial charge in [-0.3, -0.25) is 15.0 Å². The number of nitrogens with zero attached hydrogens (tertiary/aromatic N) is 4. The Morgan fingerprint density at radius 3 is 2.74 bits per heavy atom. The van der Waals surface area contributed by atoms with E-state index in [1.54, 1.807) is 0 Å². The van der Waals surface area contributed by atoms with Crippen LogP contribution in [-0.2, 0) is 4.74 Å². The van der Waals surface area contributed by atoms with Crippen molar-refractivity contribution in [3.8, 4) is 0 Å². The molecule has 23 heavy (non-hydrogen) atoms. The van der Waals surface area contributed by atoms with Crippen LogP contribution in [-0.4, -0.2) is 58.2 Å². The molecule has 1 fully saturated rings. The number of hydrogen-bond acceptors (Lipinski definition) is 8. The molecule has 2 atom stereocenters. The van der Waals surface area contributed by atoms with Crippen molar-refractivity contribution in [2.45, 2.75) is 38.9 Å². The third-order valence-electron chi connectivity index (χ3n) is 3.67. The Kier molecular flexibility index (Phi) is 6.05. The molecule has 9 heteroatoms. The van der Waals surface area contributed by atoms with Crippen LogP contribution in [0.4, 0.5) is 17.5 Å². The van der Waals surface area contributed by atoms with Crippen LogP contribution in [0.25, 0.3) is 0 Å². The van der Waals surface area contributed by atoms with Gasteiger partial charge in [0.15, 0.2) is 0 Å². The van der Waals surface area contributed by atoms with Gasteiger partial charge in [-0.25, -0.2) is 4.98 Å². The van der Waals surface area contributed by atoms with Crippen molar-refractivity contribution in [2.75, 3.05) is 37.2 Å². The topological polar surface area (TPSA) is 119 Å². The van der Waals surface area contributed by atoms with Crippen molar-refractivity contribution in [1.82, 2.24) is 14.9 Å². The maximum absolute atomic E-state index is 10.6. The van der Waals surface area contributed by atoms with Crippen molar-refractivity contribution in [2.24, 2.45) is 0 Å². The number of nitrogens with one attached hydrogen (secondary N) is 1. The Morgan fingerprint density at radius 2 is 2.13 bits per heavy atom. The lowest BCUT2D eigenvalue weighted by atomic mass is 10.2. The maximum atomic E-state index is 10.6. The molecule has 3 N–H and O–H groups in total. The van der Waals surface area contributed by atoms with Gasteiger partial charge in [0, 0.05) is 19.6 Å². The van der Waals surface area contributed by atoms with Gasteiger partial charge in [-0.2, -0.15) is 4.98 Å². The van der Waals surface area contributed by atoms with Crippen LogP contribution in [0.5, 0.6) is 0 Å². The second-order valence-electron chi connectivity index (χ2n) is 5.87. The lowest BCUT2D eigenvalue weighted by molar-refractivity contribution is -0.384. The molecule has 0 spiro atoms. The Bertz CT molecular complexity index is 531. The number of aromatic nitrogens is 2. The Balaban J connectivity index is 1.67. The first kappa shape index (κ1) is 17.4. The predicted octanol–water partition coefficient (Wildman–Crippen LogP) is 1.27. The summed E-state index contributed by atoms with van der Waals surface area (Å²) in [7, 11) is 0. The summed E-state index contributed by atoms with van der Waals surface area (Å²) in [5.41, 5.74) is 5.25. The van der Waals surface area contributed by atoms with Gasteiger partial charge >= 0.3 is 5.69 Å². The van der Waals surface area contributed by atoms with E-state index < -0.39 is 4.92 Å². The van der Waals surface area contributed by atoms with Crippen molar-refractivity contribution in [3.05, 3.63) is 16.3 Å². The molecule has 1 saturated heterocycles. The summed E-state index contributed by atoms with van der Waals surface area (Å²) < 4.78 is 5.71. The first-order valence-electron chi connectivity index (χ1n) is 7.84. The summed E-state index contributed by atoms with van der Waals surface area (Å²) in [6, 6.07) is 0. The van der Waals surface area contributed by atoms with Gasteiger partial charge in [0.1, 0.15) is 6.20 Å². The zero-order chi connectivity index (χ0) is 16.8. The first-order valence-corrected chi connectivity index (χ1v) is 7.84. The Labute approximate surface area is 135 Å². The third-order valence-corrected chi connectivity index (χ3v) is 3.67. The van der Waals surface area contributed by atoms with Crippen LogP contribution in [0.2, 0.25) is 0 Å². The van der Waals surface area contributed by atoms with E-state index in [0.29, 0.717) is 12.5 Å². The van der Waals surface area contributed by atoms with E-state index in [4.69, 9.17) is 10.5 Å². The van der Waals surface area contributed by atoms with Crippen LogP contribution in [0.1, 0.15) is 26.7 Å². The maximum Gasteiger partial charge on any atom is 0.329 e. The normalized spacial score (nSPS) is 22.0. The fourth-order valence-corrected chi connectivity index (χ4v) is 2.74. The van der Waals surface area contributed by atoms with Crippen LogP contribution >= 0.6 is 0 Å². The minimum atomic E-state index is -0.594. The molecule has 0 aromatic carbocycles. The lowest BCUT2D eigenvalue weighted by Gasteiger charge is -2.35. The molecule has 1 aromatic rings. The number of nitrogen functional groups attached to an aromatic ring is 1. The molecule has 0 unspecified atom stereocenters. The van der Waals surface area contributed by atoms with Crippen LogP contribution in [0.3, 0.4) is 0 Å². The molecular formula is C14H24N6O3. The van der Waals surface area contributed by atoms with Crippen molar-refractivity contribution >= 4 is 17.5 Å². The van der Waals surface area contributed by atoms with Crippen molar-refractivity contribution in [1.29, 1.82) is 0 Å². The number of morpholine rings is 1. The molecule has 9 nitrogen and oxygen atoms in total. The molecule has 128 valence electrons. The monoisotopic (exact) mass is 324 g/mol. The van der Waals surface area contributed by atoms with E-state index in [-0.39, 0.29) is 23.7 Å². The Morgan fingerprint density at radius 1 is 1.43 bits per heavy atom. The largest absolute Gasteiger partial charge is 0.378 e. The summed E-state index contributed by atoms with van der Waals surface area (Å²) >= 11 is 0. The molecular weight excluding hydrogens is 300 g/mol. The highest BCUT2D eigenvalue weighted by molar-refractivity contribution is 5.53. The molecule has 0 amide bonds. The van der Waals surface area contributed by atoms with E-state index in [9.17, 15) is 10.1 Å². The highest BCUT2D eigenvalue weighted by Crippen LogP contribution is 2.18. The SMILES string of the molecule is C[C@H]1CN(CCCCNc2ncc([N+](=O)[O-])c(N)n2)C[C@H](C)O1. The van der Waals surface area contributed by atoms with Gasteiger partial charge < -0.3 is 15.8 Å². The van der Waals surface area contributed by atoms with E-state index in [2.05, 4.69) is 34.0 Å². The quantitative estimate of drug-likeness (QED) is 0.437. The van der Waals surface area contributed by atoms with Crippen molar-refractivity contribution in [3.63, 3.8) is 0 Å². The number of nitrogens with two attached hydrogens (primary N) is 1. The minimum Gasteiger partial charge on any atom is -0.378 e. The standard InChI is InChI=1S/C14H24N6O3/c1-10-8-19(9-11(2)23-10)6-4-3-5-16-14-17-7-12(20(21)22)13(15)18-14/h7,10-11H,3-6,8-9H2,1-2H3,(H3,15,16,17,18)/t10-,11-/m0/s1. The molecule has 2 rings (SSSR count).